The van der Waals surface area contributed by atoms with Gasteiger partial charge in [-0.15, -0.1) is 0 Å². The fraction of sp³-hybridized carbons (Fsp3) is 0.217. The molecule has 0 aromatic heterocycles. The van der Waals surface area contributed by atoms with E-state index in [1.807, 2.05) is 60.7 Å². The number of aliphatic hydroxyl groups is 1. The zero-order valence-electron chi connectivity index (χ0n) is 16.5. The Morgan fingerprint density at radius 1 is 1.03 bits per heavy atom. The zero-order chi connectivity index (χ0) is 21.4. The molecule has 0 heterocycles. The molecular formula is C23H25FNO3PS. The SMILES string of the molecule is NC(CO)(CCc1ccc(-c2ccc(Sc3ccccc3)cc2F)cc1)CO[PH2]=O. The molecule has 0 fully saturated rings. The standard InChI is InChI=1S/C23H25FNO3PS/c24-22-14-20(30-19-4-2-1-3-5-19)10-11-21(22)18-8-6-17(7-9-18)12-13-23(25,15-26)16-28-29-27/h1-11,14,26H,12-13,15-16,25,29H2. The first kappa shape index (κ1) is 22.7. The fourth-order valence-electron chi connectivity index (χ4n) is 3.06. The number of rotatable bonds is 10. The molecule has 3 aromatic rings. The van der Waals surface area contributed by atoms with Crippen molar-refractivity contribution in [3.63, 3.8) is 0 Å². The predicted octanol–water partition coefficient (Wildman–Crippen LogP) is 4.95. The Balaban J connectivity index is 1.66. The normalized spacial score (nSPS) is 13.6. The smallest absolute Gasteiger partial charge is 0.180 e. The maximum atomic E-state index is 14.7. The number of aliphatic hydroxyl groups excluding tert-OH is 1. The molecule has 2 atom stereocenters. The highest BCUT2D eigenvalue weighted by atomic mass is 32.2. The van der Waals surface area contributed by atoms with Gasteiger partial charge in [0.15, 0.2) is 8.69 Å². The van der Waals surface area contributed by atoms with Crippen LogP contribution in [0.15, 0.2) is 82.6 Å². The summed E-state index contributed by atoms with van der Waals surface area (Å²) in [7, 11) is -1.35. The van der Waals surface area contributed by atoms with Crippen molar-refractivity contribution in [3.8, 4) is 11.1 Å². The number of halogens is 1. The molecule has 0 aliphatic carbocycles. The molecule has 0 radical (unpaired) electrons. The molecule has 3 N–H and O–H groups in total. The minimum atomic E-state index is -1.35. The molecule has 0 amide bonds. The number of hydrogen-bond acceptors (Lipinski definition) is 5. The van der Waals surface area contributed by atoms with Gasteiger partial charge in [-0.2, -0.15) is 0 Å². The first-order valence-corrected chi connectivity index (χ1v) is 11.4. The lowest BCUT2D eigenvalue weighted by molar-refractivity contribution is 0.133. The van der Waals surface area contributed by atoms with E-state index in [4.69, 9.17) is 10.3 Å². The highest BCUT2D eigenvalue weighted by Crippen LogP contribution is 2.32. The van der Waals surface area contributed by atoms with Crippen molar-refractivity contribution in [1.29, 1.82) is 0 Å². The summed E-state index contributed by atoms with van der Waals surface area (Å²) in [5.41, 5.74) is 7.54. The molecule has 0 saturated heterocycles. The quantitative estimate of drug-likeness (QED) is 0.432. The molecule has 0 saturated carbocycles. The molecule has 0 aliphatic heterocycles. The second-order valence-corrected chi connectivity index (χ2v) is 8.85. The van der Waals surface area contributed by atoms with Crippen LogP contribution in [-0.2, 0) is 15.5 Å². The first-order valence-electron chi connectivity index (χ1n) is 9.60. The predicted molar refractivity (Wildman–Crippen MR) is 121 cm³/mol. The molecular weight excluding hydrogens is 420 g/mol. The van der Waals surface area contributed by atoms with Crippen molar-refractivity contribution in [1.82, 2.24) is 0 Å². The molecule has 158 valence electrons. The maximum absolute atomic E-state index is 14.7. The van der Waals surface area contributed by atoms with E-state index in [9.17, 15) is 14.1 Å². The van der Waals surface area contributed by atoms with Gasteiger partial charge in [-0.3, -0.25) is 4.57 Å². The Kier molecular flexibility index (Phi) is 8.25. The van der Waals surface area contributed by atoms with E-state index in [-0.39, 0.29) is 19.0 Å². The van der Waals surface area contributed by atoms with Crippen LogP contribution in [0.1, 0.15) is 12.0 Å². The van der Waals surface area contributed by atoms with Crippen molar-refractivity contribution in [3.05, 3.63) is 84.2 Å². The molecule has 0 aliphatic rings. The Labute approximate surface area is 181 Å². The van der Waals surface area contributed by atoms with Gasteiger partial charge in [-0.1, -0.05) is 60.3 Å². The van der Waals surface area contributed by atoms with Crippen molar-refractivity contribution in [2.45, 2.75) is 28.2 Å². The van der Waals surface area contributed by atoms with E-state index >= 15 is 0 Å². The van der Waals surface area contributed by atoms with Crippen molar-refractivity contribution < 1.29 is 18.6 Å². The summed E-state index contributed by atoms with van der Waals surface area (Å²) in [5, 5.41) is 9.49. The molecule has 3 rings (SSSR count). The van der Waals surface area contributed by atoms with E-state index < -0.39 is 14.2 Å². The summed E-state index contributed by atoms with van der Waals surface area (Å²) >= 11 is 1.52. The minimum absolute atomic E-state index is 0.0545. The highest BCUT2D eigenvalue weighted by Gasteiger charge is 2.24. The van der Waals surface area contributed by atoms with Crippen molar-refractivity contribution in [2.75, 3.05) is 13.2 Å². The van der Waals surface area contributed by atoms with Gasteiger partial charge in [0.05, 0.1) is 18.8 Å². The molecule has 30 heavy (non-hydrogen) atoms. The Hall–Kier alpha value is -1.95. The van der Waals surface area contributed by atoms with Gasteiger partial charge in [-0.05, 0) is 48.2 Å². The summed E-state index contributed by atoms with van der Waals surface area (Å²) in [6.45, 7) is -0.192. The molecule has 0 spiro atoms. The number of benzene rings is 3. The van der Waals surface area contributed by atoms with Crippen LogP contribution in [0, 0.1) is 5.82 Å². The summed E-state index contributed by atoms with van der Waals surface area (Å²) in [5.74, 6) is -0.262. The number of nitrogens with two attached hydrogens (primary N) is 1. The summed E-state index contributed by atoms with van der Waals surface area (Å²) in [6.07, 6.45) is 1.12. The van der Waals surface area contributed by atoms with Gasteiger partial charge in [-0.25, -0.2) is 4.39 Å². The van der Waals surface area contributed by atoms with Crippen LogP contribution in [0.4, 0.5) is 4.39 Å². The van der Waals surface area contributed by atoms with Gasteiger partial charge in [0, 0.05) is 15.4 Å². The van der Waals surface area contributed by atoms with Crippen LogP contribution in [0.3, 0.4) is 0 Å². The monoisotopic (exact) mass is 445 g/mol. The Morgan fingerprint density at radius 2 is 1.77 bits per heavy atom. The van der Waals surface area contributed by atoms with Crippen LogP contribution in [0.5, 0.6) is 0 Å². The van der Waals surface area contributed by atoms with Crippen molar-refractivity contribution in [2.24, 2.45) is 5.73 Å². The summed E-state index contributed by atoms with van der Waals surface area (Å²) < 4.78 is 30.2. The molecule has 3 aromatic carbocycles. The van der Waals surface area contributed by atoms with Gasteiger partial charge in [0.25, 0.3) is 0 Å². The molecule has 7 heteroatoms. The summed E-state index contributed by atoms with van der Waals surface area (Å²) in [6, 6.07) is 22.8. The number of hydrogen-bond donors (Lipinski definition) is 2. The Morgan fingerprint density at radius 3 is 2.40 bits per heavy atom. The third-order valence-electron chi connectivity index (χ3n) is 4.85. The fourth-order valence-corrected chi connectivity index (χ4v) is 4.32. The lowest BCUT2D eigenvalue weighted by Gasteiger charge is -2.25. The second-order valence-electron chi connectivity index (χ2n) is 7.18. The van der Waals surface area contributed by atoms with Crippen molar-refractivity contribution >= 4 is 20.4 Å². The van der Waals surface area contributed by atoms with Gasteiger partial charge in [0.1, 0.15) is 5.82 Å². The molecule has 0 bridgehead atoms. The van der Waals surface area contributed by atoms with E-state index in [0.717, 1.165) is 20.9 Å². The zero-order valence-corrected chi connectivity index (χ0v) is 18.4. The lowest BCUT2D eigenvalue weighted by Crippen LogP contribution is -2.47. The van der Waals surface area contributed by atoms with Crippen LogP contribution < -0.4 is 5.73 Å². The number of aryl methyl sites for hydroxylation is 1. The summed E-state index contributed by atoms with van der Waals surface area (Å²) in [4.78, 5) is 1.92. The van der Waals surface area contributed by atoms with Crippen LogP contribution in [0.2, 0.25) is 0 Å². The van der Waals surface area contributed by atoms with Crippen LogP contribution >= 0.6 is 20.4 Å². The third kappa shape index (κ3) is 6.27. The van der Waals surface area contributed by atoms with Crippen LogP contribution in [-0.4, -0.2) is 23.9 Å². The highest BCUT2D eigenvalue weighted by molar-refractivity contribution is 7.99. The van der Waals surface area contributed by atoms with E-state index in [1.54, 1.807) is 12.1 Å². The van der Waals surface area contributed by atoms with Crippen LogP contribution in [0.25, 0.3) is 11.1 Å². The van der Waals surface area contributed by atoms with E-state index in [2.05, 4.69) is 0 Å². The Bertz CT molecular complexity index is 972. The van der Waals surface area contributed by atoms with E-state index in [0.29, 0.717) is 18.4 Å². The largest absolute Gasteiger partial charge is 0.394 e. The average Bonchev–Trinajstić information content (AvgIpc) is 2.78. The molecule has 2 unspecified atom stereocenters. The van der Waals surface area contributed by atoms with E-state index in [1.165, 1.54) is 11.8 Å². The van der Waals surface area contributed by atoms with Gasteiger partial charge in [0.2, 0.25) is 0 Å². The third-order valence-corrected chi connectivity index (χ3v) is 6.15. The topological polar surface area (TPSA) is 72.6 Å². The van der Waals surface area contributed by atoms with Gasteiger partial charge >= 0.3 is 0 Å². The minimum Gasteiger partial charge on any atom is -0.394 e. The van der Waals surface area contributed by atoms with Gasteiger partial charge < -0.3 is 15.4 Å². The average molecular weight is 445 g/mol. The maximum Gasteiger partial charge on any atom is 0.180 e. The lowest BCUT2D eigenvalue weighted by atomic mass is 9.93. The molecule has 4 nitrogen and oxygen atoms in total. The second kappa shape index (κ2) is 10.9. The first-order chi connectivity index (χ1) is 14.5.